The summed E-state index contributed by atoms with van der Waals surface area (Å²) in [4.78, 5) is 31.4. The van der Waals surface area contributed by atoms with Gasteiger partial charge in [-0.15, -0.1) is 11.8 Å². The van der Waals surface area contributed by atoms with Crippen LogP contribution in [0.4, 0.5) is 0 Å². The molecule has 2 aromatic rings. The van der Waals surface area contributed by atoms with E-state index in [1.165, 1.54) is 12.0 Å². The second-order valence-corrected chi connectivity index (χ2v) is 12.0. The van der Waals surface area contributed by atoms with Gasteiger partial charge in [0.1, 0.15) is 6.54 Å². The highest BCUT2D eigenvalue weighted by Crippen LogP contribution is 2.42. The van der Waals surface area contributed by atoms with E-state index in [9.17, 15) is 9.59 Å². The topological polar surface area (TPSA) is 52.7 Å². The zero-order valence-corrected chi connectivity index (χ0v) is 23.4. The highest BCUT2D eigenvalue weighted by Gasteiger charge is 2.41. The van der Waals surface area contributed by atoms with Gasteiger partial charge in [0.15, 0.2) is 0 Å². The van der Waals surface area contributed by atoms with Crippen molar-refractivity contribution in [1.29, 1.82) is 0 Å². The van der Waals surface area contributed by atoms with Crippen LogP contribution in [0.3, 0.4) is 0 Å². The van der Waals surface area contributed by atoms with Gasteiger partial charge in [-0.05, 0) is 62.4 Å². The Labute approximate surface area is 230 Å². The summed E-state index contributed by atoms with van der Waals surface area (Å²) in [6.07, 6.45) is 7.13. The Morgan fingerprint density at radius 2 is 1.86 bits per heavy atom. The SMILES string of the molecule is CC(C)N(CCCNC(=O)CN1C(=O)/C(=C/c2ccc(Cl)cc2)SC2CCCCC21)Cc1ccccc1. The van der Waals surface area contributed by atoms with Crippen LogP contribution >= 0.6 is 23.4 Å². The highest BCUT2D eigenvalue weighted by molar-refractivity contribution is 8.04. The number of fused-ring (bicyclic) bond motifs is 1. The second-order valence-electron chi connectivity index (χ2n) is 10.3. The molecule has 1 N–H and O–H groups in total. The molecule has 1 saturated heterocycles. The maximum atomic E-state index is 13.5. The number of carbonyl (C=O) groups is 2. The Hall–Kier alpha value is -2.28. The minimum atomic E-state index is -0.0745. The normalized spacial score (nSPS) is 20.9. The van der Waals surface area contributed by atoms with Crippen molar-refractivity contribution in [2.24, 2.45) is 0 Å². The van der Waals surface area contributed by atoms with Gasteiger partial charge >= 0.3 is 0 Å². The summed E-state index contributed by atoms with van der Waals surface area (Å²) in [5.41, 5.74) is 2.25. The average molecular weight is 540 g/mol. The first-order valence-corrected chi connectivity index (χ1v) is 14.7. The molecule has 4 rings (SSSR count). The van der Waals surface area contributed by atoms with Gasteiger partial charge in [0, 0.05) is 42.0 Å². The van der Waals surface area contributed by atoms with Crippen LogP contribution in [-0.4, -0.2) is 58.6 Å². The number of carbonyl (C=O) groups excluding carboxylic acids is 2. The Kier molecular flexibility index (Phi) is 10.1. The van der Waals surface area contributed by atoms with Crippen LogP contribution in [0.25, 0.3) is 6.08 Å². The molecule has 0 radical (unpaired) electrons. The minimum Gasteiger partial charge on any atom is -0.355 e. The van der Waals surface area contributed by atoms with E-state index in [-0.39, 0.29) is 24.4 Å². The summed E-state index contributed by atoms with van der Waals surface area (Å²) >= 11 is 7.71. The number of amides is 2. The molecule has 0 bridgehead atoms. The molecule has 1 heterocycles. The molecule has 1 aliphatic heterocycles. The predicted molar refractivity (Wildman–Crippen MR) is 154 cm³/mol. The van der Waals surface area contributed by atoms with Crippen LogP contribution < -0.4 is 5.32 Å². The number of hydrogen-bond acceptors (Lipinski definition) is 4. The lowest BCUT2D eigenvalue weighted by atomic mass is 9.93. The van der Waals surface area contributed by atoms with E-state index in [1.54, 1.807) is 11.8 Å². The van der Waals surface area contributed by atoms with E-state index in [0.717, 1.165) is 44.3 Å². The number of hydrogen-bond donors (Lipinski definition) is 1. The minimum absolute atomic E-state index is 0.0351. The van der Waals surface area contributed by atoms with Gasteiger partial charge in [-0.1, -0.05) is 66.9 Å². The number of nitrogens with one attached hydrogen (secondary N) is 1. The molecule has 0 spiro atoms. The fourth-order valence-electron chi connectivity index (χ4n) is 5.13. The van der Waals surface area contributed by atoms with Gasteiger partial charge in [-0.3, -0.25) is 14.5 Å². The van der Waals surface area contributed by atoms with E-state index in [2.05, 4.69) is 48.3 Å². The Balaban J connectivity index is 1.33. The van der Waals surface area contributed by atoms with Crippen molar-refractivity contribution in [1.82, 2.24) is 15.1 Å². The summed E-state index contributed by atoms with van der Waals surface area (Å²) in [6.45, 7) is 6.95. The first-order chi connectivity index (χ1) is 17.9. The van der Waals surface area contributed by atoms with Crippen LogP contribution in [0.1, 0.15) is 57.1 Å². The number of halogens is 1. The van der Waals surface area contributed by atoms with Gasteiger partial charge in [-0.25, -0.2) is 0 Å². The van der Waals surface area contributed by atoms with Crippen LogP contribution in [-0.2, 0) is 16.1 Å². The molecule has 198 valence electrons. The van der Waals surface area contributed by atoms with E-state index in [1.807, 2.05) is 41.3 Å². The third-order valence-electron chi connectivity index (χ3n) is 7.20. The molecule has 37 heavy (non-hydrogen) atoms. The van der Waals surface area contributed by atoms with E-state index in [0.29, 0.717) is 27.8 Å². The van der Waals surface area contributed by atoms with Crippen LogP contribution in [0.5, 0.6) is 0 Å². The summed E-state index contributed by atoms with van der Waals surface area (Å²) in [6, 6.07) is 18.5. The van der Waals surface area contributed by atoms with Crippen LogP contribution in [0.2, 0.25) is 5.02 Å². The lowest BCUT2D eigenvalue weighted by molar-refractivity contribution is -0.135. The Bertz CT molecular complexity index is 1070. The monoisotopic (exact) mass is 539 g/mol. The molecule has 5 nitrogen and oxygen atoms in total. The maximum absolute atomic E-state index is 13.5. The van der Waals surface area contributed by atoms with Crippen molar-refractivity contribution in [2.45, 2.75) is 69.8 Å². The predicted octanol–water partition coefficient (Wildman–Crippen LogP) is 5.98. The first-order valence-electron chi connectivity index (χ1n) is 13.4. The van der Waals surface area contributed by atoms with E-state index in [4.69, 9.17) is 11.6 Å². The fraction of sp³-hybridized carbons (Fsp3) is 0.467. The Morgan fingerprint density at radius 1 is 1.14 bits per heavy atom. The average Bonchev–Trinajstić information content (AvgIpc) is 2.90. The standard InChI is InChI=1S/C30H38ClN3O2S/c1-22(2)33(20-24-9-4-3-5-10-24)18-8-17-32-29(35)21-34-26-11-6-7-12-27(26)37-28(30(34)36)19-23-13-15-25(31)16-14-23/h3-5,9-10,13-16,19,22,26-27H,6-8,11-12,17-18,20-21H2,1-2H3,(H,32,35)/b28-19-. The zero-order chi connectivity index (χ0) is 26.2. The van der Waals surface area contributed by atoms with E-state index >= 15 is 0 Å². The van der Waals surface area contributed by atoms with Gasteiger partial charge < -0.3 is 10.2 Å². The highest BCUT2D eigenvalue weighted by atomic mass is 35.5. The number of nitrogens with zero attached hydrogens (tertiary/aromatic N) is 2. The fourth-order valence-corrected chi connectivity index (χ4v) is 6.73. The number of benzene rings is 2. The largest absolute Gasteiger partial charge is 0.355 e. The second kappa shape index (κ2) is 13.5. The molecule has 1 saturated carbocycles. The molecule has 2 unspecified atom stereocenters. The van der Waals surface area contributed by atoms with Gasteiger partial charge in [0.05, 0.1) is 4.91 Å². The Morgan fingerprint density at radius 3 is 2.59 bits per heavy atom. The molecule has 2 aliphatic rings. The van der Waals surface area contributed by atoms with Crippen molar-refractivity contribution >= 4 is 41.3 Å². The lowest BCUT2D eigenvalue weighted by Crippen LogP contribution is -2.54. The number of thioether (sulfide) groups is 1. The molecular formula is C30H38ClN3O2S. The number of rotatable bonds is 10. The molecule has 2 aromatic carbocycles. The van der Waals surface area contributed by atoms with Gasteiger partial charge in [-0.2, -0.15) is 0 Å². The third-order valence-corrected chi connectivity index (χ3v) is 8.85. The van der Waals surface area contributed by atoms with Gasteiger partial charge in [0.25, 0.3) is 5.91 Å². The smallest absolute Gasteiger partial charge is 0.261 e. The molecule has 0 aromatic heterocycles. The maximum Gasteiger partial charge on any atom is 0.261 e. The molecule has 2 fully saturated rings. The van der Waals surface area contributed by atoms with Crippen molar-refractivity contribution < 1.29 is 9.59 Å². The molecular weight excluding hydrogens is 502 g/mol. The van der Waals surface area contributed by atoms with Crippen molar-refractivity contribution in [3.8, 4) is 0 Å². The summed E-state index contributed by atoms with van der Waals surface area (Å²) in [5.74, 6) is -0.110. The summed E-state index contributed by atoms with van der Waals surface area (Å²) in [5, 5.41) is 4.09. The third kappa shape index (κ3) is 7.86. The molecule has 7 heteroatoms. The molecule has 2 amide bonds. The van der Waals surface area contributed by atoms with Crippen molar-refractivity contribution in [3.63, 3.8) is 0 Å². The summed E-state index contributed by atoms with van der Waals surface area (Å²) < 4.78 is 0. The first kappa shape index (κ1) is 27.7. The van der Waals surface area contributed by atoms with Crippen molar-refractivity contribution in [2.75, 3.05) is 19.6 Å². The van der Waals surface area contributed by atoms with E-state index < -0.39 is 0 Å². The zero-order valence-electron chi connectivity index (χ0n) is 21.9. The van der Waals surface area contributed by atoms with Crippen LogP contribution in [0, 0.1) is 0 Å². The molecule has 2 atom stereocenters. The quantitative estimate of drug-likeness (QED) is 0.298. The van der Waals surface area contributed by atoms with Gasteiger partial charge in [0.2, 0.25) is 5.91 Å². The van der Waals surface area contributed by atoms with Crippen LogP contribution in [0.15, 0.2) is 59.5 Å². The lowest BCUT2D eigenvalue weighted by Gasteiger charge is -2.43. The molecule has 1 aliphatic carbocycles. The van der Waals surface area contributed by atoms with Crippen molar-refractivity contribution in [3.05, 3.63) is 75.7 Å². The summed E-state index contributed by atoms with van der Waals surface area (Å²) in [7, 11) is 0.